The molecular formula is C21H28N4OS. The van der Waals surface area contributed by atoms with Crippen molar-refractivity contribution in [2.75, 3.05) is 24.6 Å². The molecule has 1 fully saturated rings. The molecule has 1 aromatic heterocycles. The molecule has 2 aromatic rings. The number of hydrogen-bond donors (Lipinski definition) is 1. The number of nitrogens with one attached hydrogen (secondary N) is 1. The number of aryl methyl sites for hydroxylation is 2. The van der Waals surface area contributed by atoms with E-state index >= 15 is 0 Å². The Kier molecular flexibility index (Phi) is 5.55. The Morgan fingerprint density at radius 3 is 2.74 bits per heavy atom. The Morgan fingerprint density at radius 2 is 2.00 bits per heavy atom. The van der Waals surface area contributed by atoms with Crippen molar-refractivity contribution in [2.45, 2.75) is 38.8 Å². The van der Waals surface area contributed by atoms with Crippen molar-refractivity contribution in [2.24, 2.45) is 7.05 Å². The molecule has 4 rings (SSSR count). The van der Waals surface area contributed by atoms with Crippen LogP contribution in [-0.4, -0.2) is 51.2 Å². The third-order valence-corrected chi connectivity index (χ3v) is 6.61. The van der Waals surface area contributed by atoms with Gasteiger partial charge in [-0.3, -0.25) is 9.48 Å². The number of benzene rings is 1. The Morgan fingerprint density at radius 1 is 1.26 bits per heavy atom. The molecule has 0 bridgehead atoms. The van der Waals surface area contributed by atoms with Crippen molar-refractivity contribution in [3.63, 3.8) is 0 Å². The highest BCUT2D eigenvalue weighted by Gasteiger charge is 2.30. The fraction of sp³-hybridized carbons (Fsp3) is 0.524. The van der Waals surface area contributed by atoms with Crippen LogP contribution in [0.5, 0.6) is 0 Å². The molecule has 1 N–H and O–H groups in total. The van der Waals surface area contributed by atoms with Crippen molar-refractivity contribution in [3.05, 3.63) is 52.3 Å². The van der Waals surface area contributed by atoms with Crippen LogP contribution in [0.4, 0.5) is 0 Å². The van der Waals surface area contributed by atoms with E-state index in [1.54, 1.807) is 0 Å². The van der Waals surface area contributed by atoms with E-state index in [9.17, 15) is 4.79 Å². The first-order valence-electron chi connectivity index (χ1n) is 9.82. The normalized spacial score (nSPS) is 19.8. The summed E-state index contributed by atoms with van der Waals surface area (Å²) in [5.74, 6) is 2.18. The molecule has 5 nitrogen and oxygen atoms in total. The fourth-order valence-corrected chi connectivity index (χ4v) is 4.92. The lowest BCUT2D eigenvalue weighted by Crippen LogP contribution is -2.39. The van der Waals surface area contributed by atoms with Crippen LogP contribution in [0.2, 0.25) is 0 Å². The minimum absolute atomic E-state index is 0.117. The fourth-order valence-electron chi connectivity index (χ4n) is 4.02. The van der Waals surface area contributed by atoms with Gasteiger partial charge in [-0.15, -0.1) is 0 Å². The van der Waals surface area contributed by atoms with E-state index in [-0.39, 0.29) is 5.91 Å². The van der Waals surface area contributed by atoms with Gasteiger partial charge in [0, 0.05) is 55.5 Å². The molecule has 1 saturated heterocycles. The molecule has 2 heterocycles. The van der Waals surface area contributed by atoms with E-state index in [4.69, 9.17) is 0 Å². The molecule has 2 aliphatic rings. The maximum atomic E-state index is 13.0. The molecule has 1 aromatic carbocycles. The molecule has 1 aliphatic carbocycles. The number of carbonyl (C=O) groups is 1. The largest absolute Gasteiger partial charge is 0.336 e. The number of fused-ring (bicyclic) bond motifs is 1. The highest BCUT2D eigenvalue weighted by Crippen LogP contribution is 2.26. The minimum Gasteiger partial charge on any atom is -0.336 e. The van der Waals surface area contributed by atoms with E-state index in [1.807, 2.05) is 28.4 Å². The summed E-state index contributed by atoms with van der Waals surface area (Å²) in [6.07, 6.45) is 2.96. The zero-order valence-electron chi connectivity index (χ0n) is 16.2. The van der Waals surface area contributed by atoms with Crippen LogP contribution in [0.3, 0.4) is 0 Å². The first-order valence-corrected chi connectivity index (χ1v) is 11.0. The third kappa shape index (κ3) is 4.06. The predicted octanol–water partition coefficient (Wildman–Crippen LogP) is 2.56. The Balaban J connectivity index is 1.46. The molecular weight excluding hydrogens is 356 g/mol. The molecule has 6 heteroatoms. The Bertz CT molecular complexity index is 808. The van der Waals surface area contributed by atoms with Gasteiger partial charge < -0.3 is 10.2 Å². The summed E-state index contributed by atoms with van der Waals surface area (Å²) in [6, 6.07) is 9.08. The molecule has 27 heavy (non-hydrogen) atoms. The van der Waals surface area contributed by atoms with Crippen LogP contribution in [0.15, 0.2) is 24.3 Å². The summed E-state index contributed by atoms with van der Waals surface area (Å²) in [7, 11) is 1.97. The summed E-state index contributed by atoms with van der Waals surface area (Å²) in [5.41, 5.74) is 5.67. The van der Waals surface area contributed by atoms with Crippen LogP contribution in [0.25, 0.3) is 0 Å². The van der Waals surface area contributed by atoms with Gasteiger partial charge in [0.1, 0.15) is 0 Å². The maximum Gasteiger partial charge on any atom is 0.274 e. The zero-order chi connectivity index (χ0) is 18.8. The smallest absolute Gasteiger partial charge is 0.274 e. The minimum atomic E-state index is 0.117. The van der Waals surface area contributed by atoms with Gasteiger partial charge >= 0.3 is 0 Å². The standard InChI is InChI=1S/C21H28N4OS/c1-15-3-5-16(6-4-15)14-22-17-7-8-19-18(13-17)20(23-24(19)2)21(26)25-9-11-27-12-10-25/h3-6,17,22H,7-14H2,1-2H3. The summed E-state index contributed by atoms with van der Waals surface area (Å²) >= 11 is 1.92. The lowest BCUT2D eigenvalue weighted by molar-refractivity contribution is 0.0764. The Hall–Kier alpha value is -1.79. The van der Waals surface area contributed by atoms with E-state index < -0.39 is 0 Å². The monoisotopic (exact) mass is 384 g/mol. The molecule has 0 radical (unpaired) electrons. The van der Waals surface area contributed by atoms with Crippen LogP contribution in [0, 0.1) is 6.92 Å². The number of hydrogen-bond acceptors (Lipinski definition) is 4. The van der Waals surface area contributed by atoms with Gasteiger partial charge in [-0.25, -0.2) is 0 Å². The quantitative estimate of drug-likeness (QED) is 0.880. The van der Waals surface area contributed by atoms with Gasteiger partial charge in [0.05, 0.1) is 0 Å². The average Bonchev–Trinajstić information content (AvgIpc) is 3.04. The summed E-state index contributed by atoms with van der Waals surface area (Å²) in [4.78, 5) is 15.0. The number of thioether (sulfide) groups is 1. The Labute approximate surface area is 165 Å². The van der Waals surface area contributed by atoms with Gasteiger partial charge in [-0.1, -0.05) is 29.8 Å². The predicted molar refractivity (Wildman–Crippen MR) is 110 cm³/mol. The molecule has 1 amide bonds. The molecule has 144 valence electrons. The number of amides is 1. The van der Waals surface area contributed by atoms with E-state index in [2.05, 4.69) is 41.6 Å². The van der Waals surface area contributed by atoms with Crippen LogP contribution in [0.1, 0.15) is 39.3 Å². The number of aromatic nitrogens is 2. The molecule has 0 spiro atoms. The highest BCUT2D eigenvalue weighted by molar-refractivity contribution is 7.99. The average molecular weight is 385 g/mol. The van der Waals surface area contributed by atoms with Crippen molar-refractivity contribution in [1.82, 2.24) is 20.0 Å². The molecule has 0 saturated carbocycles. The lowest BCUT2D eigenvalue weighted by Gasteiger charge is -2.27. The van der Waals surface area contributed by atoms with Crippen molar-refractivity contribution in [3.8, 4) is 0 Å². The van der Waals surface area contributed by atoms with Gasteiger partial charge in [0.15, 0.2) is 5.69 Å². The summed E-state index contributed by atoms with van der Waals surface area (Å²) < 4.78 is 1.93. The molecule has 1 aliphatic heterocycles. The maximum absolute atomic E-state index is 13.0. The topological polar surface area (TPSA) is 50.2 Å². The lowest BCUT2D eigenvalue weighted by atomic mass is 9.91. The number of carbonyl (C=O) groups excluding carboxylic acids is 1. The van der Waals surface area contributed by atoms with Crippen LogP contribution < -0.4 is 5.32 Å². The molecule has 1 atom stereocenters. The summed E-state index contributed by atoms with van der Waals surface area (Å²) in [6.45, 7) is 4.66. The second-order valence-electron chi connectivity index (χ2n) is 7.61. The second-order valence-corrected chi connectivity index (χ2v) is 8.83. The number of rotatable bonds is 4. The van der Waals surface area contributed by atoms with Crippen LogP contribution in [-0.2, 0) is 26.4 Å². The van der Waals surface area contributed by atoms with Crippen LogP contribution >= 0.6 is 11.8 Å². The molecule has 1 unspecified atom stereocenters. The van der Waals surface area contributed by atoms with Crippen molar-refractivity contribution < 1.29 is 4.79 Å². The van der Waals surface area contributed by atoms with E-state index in [1.165, 1.54) is 16.8 Å². The van der Waals surface area contributed by atoms with E-state index in [0.717, 1.165) is 56.0 Å². The van der Waals surface area contributed by atoms with Gasteiger partial charge in [-0.2, -0.15) is 16.9 Å². The highest BCUT2D eigenvalue weighted by atomic mass is 32.2. The first-order chi connectivity index (χ1) is 13.1. The third-order valence-electron chi connectivity index (χ3n) is 5.67. The van der Waals surface area contributed by atoms with Crippen molar-refractivity contribution in [1.29, 1.82) is 0 Å². The van der Waals surface area contributed by atoms with E-state index in [0.29, 0.717) is 11.7 Å². The zero-order valence-corrected chi connectivity index (χ0v) is 17.0. The van der Waals surface area contributed by atoms with Gasteiger partial charge in [0.2, 0.25) is 0 Å². The SMILES string of the molecule is Cc1ccc(CNC2CCc3c(c(C(=O)N4CCSCC4)nn3C)C2)cc1. The summed E-state index contributed by atoms with van der Waals surface area (Å²) in [5, 5.41) is 8.31. The second kappa shape index (κ2) is 8.07. The van der Waals surface area contributed by atoms with Gasteiger partial charge in [-0.05, 0) is 31.7 Å². The number of nitrogens with zero attached hydrogens (tertiary/aromatic N) is 3. The van der Waals surface area contributed by atoms with Gasteiger partial charge in [0.25, 0.3) is 5.91 Å². The first kappa shape index (κ1) is 18.6. The van der Waals surface area contributed by atoms with Crippen molar-refractivity contribution >= 4 is 17.7 Å².